The third kappa shape index (κ3) is 5.13. The summed E-state index contributed by atoms with van der Waals surface area (Å²) in [4.78, 5) is 27.7. The number of hydrogen-bond acceptors (Lipinski definition) is 5. The van der Waals surface area contributed by atoms with Crippen LogP contribution in [-0.2, 0) is 10.3 Å². The molecule has 0 bridgehead atoms. The molecule has 5 nitrogen and oxygen atoms in total. The minimum Gasteiger partial charge on any atom is -0.333 e. The van der Waals surface area contributed by atoms with E-state index in [0.29, 0.717) is 16.1 Å². The van der Waals surface area contributed by atoms with Crippen molar-refractivity contribution in [2.45, 2.75) is 96.1 Å². The molecular formula is C33H40Cl2N4OS. The summed E-state index contributed by atoms with van der Waals surface area (Å²) < 4.78 is 0. The van der Waals surface area contributed by atoms with Gasteiger partial charge < -0.3 is 14.7 Å². The van der Waals surface area contributed by atoms with Crippen molar-refractivity contribution in [3.63, 3.8) is 0 Å². The lowest BCUT2D eigenvalue weighted by molar-refractivity contribution is -0.134. The van der Waals surface area contributed by atoms with Gasteiger partial charge in [0.15, 0.2) is 5.17 Å². The molecule has 2 heterocycles. The third-order valence-electron chi connectivity index (χ3n) is 9.34. The van der Waals surface area contributed by atoms with Gasteiger partial charge in [-0.25, -0.2) is 4.99 Å². The minimum absolute atomic E-state index is 0.126. The molecule has 41 heavy (non-hydrogen) atoms. The number of rotatable bonds is 8. The quantitative estimate of drug-likeness (QED) is 0.303. The SMILES string of the molecule is CC(C)C1=C(C(=O)N(C(C)C)C2CC(N(C)C3CC3)C2)SC2=N[C@@](C)(c3ccc(Cl)cc3)[C@@H](c3ccc(Cl)cc3)N21. The molecule has 0 aromatic heterocycles. The van der Waals surface area contributed by atoms with Gasteiger partial charge in [0.2, 0.25) is 0 Å². The van der Waals surface area contributed by atoms with Crippen molar-refractivity contribution in [2.24, 2.45) is 10.9 Å². The molecule has 2 aliphatic heterocycles. The first-order valence-electron chi connectivity index (χ1n) is 14.9. The van der Waals surface area contributed by atoms with E-state index < -0.39 is 5.54 Å². The van der Waals surface area contributed by atoms with E-state index in [1.807, 2.05) is 24.3 Å². The fourth-order valence-electron chi connectivity index (χ4n) is 6.90. The fraction of sp³-hybridized carbons (Fsp3) is 0.515. The minimum atomic E-state index is -0.568. The van der Waals surface area contributed by atoms with Crippen molar-refractivity contribution in [1.82, 2.24) is 14.7 Å². The zero-order valence-corrected chi connectivity index (χ0v) is 27.1. The summed E-state index contributed by atoms with van der Waals surface area (Å²) in [5.41, 5.74) is 2.70. The molecule has 218 valence electrons. The third-order valence-corrected chi connectivity index (χ3v) is 10.9. The molecule has 2 atom stereocenters. The average Bonchev–Trinajstić information content (AvgIpc) is 3.62. The summed E-state index contributed by atoms with van der Waals surface area (Å²) in [7, 11) is 2.26. The predicted octanol–water partition coefficient (Wildman–Crippen LogP) is 8.10. The van der Waals surface area contributed by atoms with Crippen LogP contribution >= 0.6 is 35.0 Å². The molecule has 2 aliphatic carbocycles. The topological polar surface area (TPSA) is 39.2 Å². The largest absolute Gasteiger partial charge is 0.333 e. The summed E-state index contributed by atoms with van der Waals surface area (Å²) in [6.45, 7) is 10.9. The van der Waals surface area contributed by atoms with Crippen molar-refractivity contribution < 1.29 is 4.79 Å². The Morgan fingerprint density at radius 1 is 0.951 bits per heavy atom. The maximum absolute atomic E-state index is 14.5. The number of benzene rings is 2. The van der Waals surface area contributed by atoms with Crippen LogP contribution in [0.1, 0.15) is 77.5 Å². The van der Waals surface area contributed by atoms with E-state index in [2.05, 4.69) is 80.6 Å². The molecule has 0 saturated heterocycles. The van der Waals surface area contributed by atoms with Crippen molar-refractivity contribution in [2.75, 3.05) is 7.05 Å². The smallest absolute Gasteiger partial charge is 0.263 e. The zero-order valence-electron chi connectivity index (χ0n) is 24.8. The van der Waals surface area contributed by atoms with Crippen LogP contribution in [0.3, 0.4) is 0 Å². The maximum atomic E-state index is 14.5. The lowest BCUT2D eigenvalue weighted by Crippen LogP contribution is -2.57. The summed E-state index contributed by atoms with van der Waals surface area (Å²) in [6, 6.07) is 17.7. The van der Waals surface area contributed by atoms with Crippen LogP contribution in [0.15, 0.2) is 64.1 Å². The number of aliphatic imine (C=N–C) groups is 1. The molecule has 6 rings (SSSR count). The molecule has 0 radical (unpaired) electrons. The van der Waals surface area contributed by atoms with E-state index in [9.17, 15) is 4.79 Å². The molecule has 4 aliphatic rings. The highest BCUT2D eigenvalue weighted by atomic mass is 35.5. The predicted molar refractivity (Wildman–Crippen MR) is 171 cm³/mol. The van der Waals surface area contributed by atoms with Gasteiger partial charge in [-0.2, -0.15) is 0 Å². The molecule has 8 heteroatoms. The number of carbonyl (C=O) groups excluding carboxylic acids is 1. The number of amides is 1. The first-order chi connectivity index (χ1) is 19.5. The van der Waals surface area contributed by atoms with Gasteiger partial charge in [-0.15, -0.1) is 0 Å². The van der Waals surface area contributed by atoms with E-state index >= 15 is 0 Å². The van der Waals surface area contributed by atoms with Crippen LogP contribution < -0.4 is 0 Å². The molecule has 2 aromatic rings. The highest BCUT2D eigenvalue weighted by Gasteiger charge is 2.54. The van der Waals surface area contributed by atoms with Crippen LogP contribution in [0.5, 0.6) is 0 Å². The first-order valence-corrected chi connectivity index (χ1v) is 16.4. The summed E-state index contributed by atoms with van der Waals surface area (Å²) >= 11 is 14.1. The first kappa shape index (κ1) is 29.1. The molecule has 1 amide bonds. The highest BCUT2D eigenvalue weighted by Crippen LogP contribution is 2.56. The summed E-state index contributed by atoms with van der Waals surface area (Å²) in [5.74, 6) is 0.284. The number of hydrogen-bond donors (Lipinski definition) is 0. The van der Waals surface area contributed by atoms with Gasteiger partial charge in [0.05, 0.1) is 6.04 Å². The maximum Gasteiger partial charge on any atom is 0.263 e. The molecule has 2 fully saturated rings. The normalized spacial score (nSPS) is 27.5. The number of carbonyl (C=O) groups is 1. The molecule has 0 spiro atoms. The van der Waals surface area contributed by atoms with E-state index in [1.165, 1.54) is 12.8 Å². The second-order valence-electron chi connectivity index (χ2n) is 12.8. The monoisotopic (exact) mass is 610 g/mol. The van der Waals surface area contributed by atoms with Crippen molar-refractivity contribution in [1.29, 1.82) is 0 Å². The number of fused-ring (bicyclic) bond motifs is 1. The molecule has 2 aromatic carbocycles. The Hall–Kier alpha value is -1.99. The number of allylic oxidation sites excluding steroid dienone is 1. The van der Waals surface area contributed by atoms with Crippen molar-refractivity contribution >= 4 is 46.0 Å². The Morgan fingerprint density at radius 2 is 1.54 bits per heavy atom. The number of thioether (sulfide) groups is 1. The molecular weight excluding hydrogens is 571 g/mol. The van der Waals surface area contributed by atoms with Crippen molar-refractivity contribution in [3.8, 4) is 0 Å². The van der Waals surface area contributed by atoms with E-state index in [0.717, 1.165) is 45.8 Å². The van der Waals surface area contributed by atoms with Gasteiger partial charge in [-0.05, 0) is 107 Å². The van der Waals surface area contributed by atoms with Crippen LogP contribution in [0.4, 0.5) is 0 Å². The van der Waals surface area contributed by atoms with Gasteiger partial charge in [0.1, 0.15) is 10.4 Å². The van der Waals surface area contributed by atoms with Crippen molar-refractivity contribution in [3.05, 3.63) is 80.3 Å². The van der Waals surface area contributed by atoms with E-state index in [-0.39, 0.29) is 30.0 Å². The molecule has 2 saturated carbocycles. The second kappa shape index (κ2) is 10.9. The van der Waals surface area contributed by atoms with Gasteiger partial charge in [-0.1, -0.05) is 61.3 Å². The Labute approximate surface area is 259 Å². The zero-order chi connectivity index (χ0) is 29.2. The highest BCUT2D eigenvalue weighted by molar-refractivity contribution is 8.18. The number of nitrogens with zero attached hydrogens (tertiary/aromatic N) is 4. The van der Waals surface area contributed by atoms with Crippen LogP contribution in [-0.4, -0.2) is 57.0 Å². The van der Waals surface area contributed by atoms with Gasteiger partial charge in [0, 0.05) is 39.9 Å². The Kier molecular flexibility index (Phi) is 7.76. The fourth-order valence-corrected chi connectivity index (χ4v) is 8.51. The Balaban J connectivity index is 1.37. The van der Waals surface area contributed by atoms with Gasteiger partial charge in [0.25, 0.3) is 5.91 Å². The lowest BCUT2D eigenvalue weighted by atomic mass is 9.81. The second-order valence-corrected chi connectivity index (χ2v) is 14.7. The average molecular weight is 612 g/mol. The van der Waals surface area contributed by atoms with Crippen LogP contribution in [0.25, 0.3) is 0 Å². The lowest BCUT2D eigenvalue weighted by Gasteiger charge is -2.48. The Morgan fingerprint density at radius 3 is 2.07 bits per heavy atom. The van der Waals surface area contributed by atoms with Gasteiger partial charge >= 0.3 is 0 Å². The van der Waals surface area contributed by atoms with Crippen LogP contribution in [0, 0.1) is 5.92 Å². The summed E-state index contributed by atoms with van der Waals surface area (Å²) in [6.07, 6.45) is 4.73. The molecule has 0 N–H and O–H groups in total. The molecule has 0 unspecified atom stereocenters. The summed E-state index contributed by atoms with van der Waals surface area (Å²) in [5, 5.41) is 2.29. The Bertz CT molecular complexity index is 1380. The van der Waals surface area contributed by atoms with Crippen LogP contribution in [0.2, 0.25) is 10.0 Å². The van der Waals surface area contributed by atoms with E-state index in [1.54, 1.807) is 11.8 Å². The van der Waals surface area contributed by atoms with Gasteiger partial charge in [-0.3, -0.25) is 4.79 Å². The standard InChI is InChI=1S/C33H40Cl2N4OS/c1-19(2)28-29(31(40)38(20(3)4)27-17-26(18-27)37(6)25-15-16-25)41-32-36-33(5,22-9-13-24(35)14-10-22)30(39(28)32)21-7-11-23(34)12-8-21/h7-14,19-20,25-27,30H,15-18H2,1-6H3/t26?,27?,30-,33+/m1/s1. The number of amidine groups is 1. The van der Waals surface area contributed by atoms with E-state index in [4.69, 9.17) is 28.2 Å². The number of halogens is 2.